The number of halogens is 1. The van der Waals surface area contributed by atoms with Crippen LogP contribution in [0.1, 0.15) is 12.2 Å². The quantitative estimate of drug-likeness (QED) is 0.236. The molecule has 0 aliphatic carbocycles. The van der Waals surface area contributed by atoms with Gasteiger partial charge in [-0.1, -0.05) is 30.3 Å². The molecule has 2 N–H and O–H groups in total. The lowest BCUT2D eigenvalue weighted by molar-refractivity contribution is 0.311. The van der Waals surface area contributed by atoms with E-state index in [2.05, 4.69) is 50.1 Å². The van der Waals surface area contributed by atoms with Gasteiger partial charge < -0.3 is 19.9 Å². The fourth-order valence-corrected chi connectivity index (χ4v) is 2.58. The average molecular weight is 480 g/mol. The first kappa shape index (κ1) is 20.9. The first-order valence-corrected chi connectivity index (χ1v) is 8.65. The SMILES string of the molecule is CN=C(NCCCOc1ccc2ccccc2c1)NCc1nncn1C.I. The number of fused-ring (bicyclic) bond motifs is 1. The Morgan fingerprint density at radius 3 is 2.70 bits per heavy atom. The van der Waals surface area contributed by atoms with Crippen molar-refractivity contribution in [3.63, 3.8) is 0 Å². The third kappa shape index (κ3) is 6.09. The lowest BCUT2D eigenvalue weighted by atomic mass is 10.1. The lowest BCUT2D eigenvalue weighted by Crippen LogP contribution is -2.38. The summed E-state index contributed by atoms with van der Waals surface area (Å²) >= 11 is 0. The van der Waals surface area contributed by atoms with Gasteiger partial charge in [0.15, 0.2) is 11.8 Å². The normalized spacial score (nSPS) is 11.1. The van der Waals surface area contributed by atoms with Gasteiger partial charge >= 0.3 is 0 Å². The van der Waals surface area contributed by atoms with Crippen LogP contribution in [0.25, 0.3) is 10.8 Å². The summed E-state index contributed by atoms with van der Waals surface area (Å²) in [5, 5.41) is 16.8. The second-order valence-corrected chi connectivity index (χ2v) is 5.92. The summed E-state index contributed by atoms with van der Waals surface area (Å²) in [5.74, 6) is 2.49. The van der Waals surface area contributed by atoms with Crippen LogP contribution in [-0.4, -0.2) is 40.9 Å². The molecule has 1 heterocycles. The number of hydrogen-bond acceptors (Lipinski definition) is 4. The molecule has 0 amide bonds. The highest BCUT2D eigenvalue weighted by Crippen LogP contribution is 2.20. The maximum atomic E-state index is 5.84. The summed E-state index contributed by atoms with van der Waals surface area (Å²) in [6.45, 7) is 1.99. The molecule has 1 aromatic heterocycles. The molecule has 0 aliphatic heterocycles. The zero-order valence-electron chi connectivity index (χ0n) is 15.6. The monoisotopic (exact) mass is 480 g/mol. The van der Waals surface area contributed by atoms with E-state index in [9.17, 15) is 0 Å². The molecule has 3 aromatic rings. The third-order valence-corrected chi connectivity index (χ3v) is 4.05. The molecule has 8 heteroatoms. The number of aromatic nitrogens is 3. The smallest absolute Gasteiger partial charge is 0.191 e. The first-order valence-electron chi connectivity index (χ1n) is 8.65. The molecule has 0 aliphatic rings. The van der Waals surface area contributed by atoms with E-state index in [1.165, 1.54) is 10.8 Å². The highest BCUT2D eigenvalue weighted by atomic mass is 127. The van der Waals surface area contributed by atoms with Gasteiger partial charge in [0.25, 0.3) is 0 Å². The second kappa shape index (κ2) is 10.7. The fraction of sp³-hybridized carbons (Fsp3) is 0.316. The lowest BCUT2D eigenvalue weighted by Gasteiger charge is -2.12. The molecule has 0 atom stereocenters. The number of nitrogens with zero attached hydrogens (tertiary/aromatic N) is 4. The van der Waals surface area contributed by atoms with Crippen LogP contribution in [0.3, 0.4) is 0 Å². The van der Waals surface area contributed by atoms with Crippen molar-refractivity contribution in [2.45, 2.75) is 13.0 Å². The van der Waals surface area contributed by atoms with E-state index >= 15 is 0 Å². The van der Waals surface area contributed by atoms with Crippen LogP contribution in [0.15, 0.2) is 53.8 Å². The highest BCUT2D eigenvalue weighted by molar-refractivity contribution is 14.0. The standard InChI is InChI=1S/C19H24N6O.HI/c1-20-19(22-13-18-24-23-14-25(18)2)21-10-5-11-26-17-9-8-15-6-3-4-7-16(15)12-17;/h3-4,6-9,12,14H,5,10-11,13H2,1-2H3,(H2,20,21,22);1H. The number of nitrogens with one attached hydrogen (secondary N) is 2. The van der Waals surface area contributed by atoms with Crippen molar-refractivity contribution in [2.24, 2.45) is 12.0 Å². The van der Waals surface area contributed by atoms with Crippen molar-refractivity contribution >= 4 is 40.7 Å². The zero-order chi connectivity index (χ0) is 18.2. The van der Waals surface area contributed by atoms with Crippen LogP contribution in [-0.2, 0) is 13.6 Å². The van der Waals surface area contributed by atoms with Crippen molar-refractivity contribution in [3.8, 4) is 5.75 Å². The van der Waals surface area contributed by atoms with Gasteiger partial charge in [-0.3, -0.25) is 4.99 Å². The topological polar surface area (TPSA) is 76.4 Å². The summed E-state index contributed by atoms with van der Waals surface area (Å²) in [4.78, 5) is 4.20. The summed E-state index contributed by atoms with van der Waals surface area (Å²) in [7, 11) is 3.66. The number of rotatable bonds is 7. The molecule has 144 valence electrons. The Bertz CT molecular complexity index is 879. The number of hydrogen-bond donors (Lipinski definition) is 2. The third-order valence-electron chi connectivity index (χ3n) is 4.05. The van der Waals surface area contributed by atoms with Crippen molar-refractivity contribution in [1.29, 1.82) is 0 Å². The molecule has 2 aromatic carbocycles. The minimum absolute atomic E-state index is 0. The van der Waals surface area contributed by atoms with Crippen LogP contribution in [0, 0.1) is 0 Å². The molecule has 0 bridgehead atoms. The molecule has 0 fully saturated rings. The van der Waals surface area contributed by atoms with Crippen LogP contribution in [0.2, 0.25) is 0 Å². The van der Waals surface area contributed by atoms with Gasteiger partial charge in [0.2, 0.25) is 0 Å². The number of aliphatic imine (C=N–C) groups is 1. The Morgan fingerprint density at radius 1 is 1.15 bits per heavy atom. The summed E-state index contributed by atoms with van der Waals surface area (Å²) in [6, 6.07) is 14.4. The molecular formula is C19H25IN6O. The van der Waals surface area contributed by atoms with Gasteiger partial charge in [-0.05, 0) is 29.3 Å². The molecule has 0 saturated heterocycles. The Balaban J connectivity index is 0.00000261. The van der Waals surface area contributed by atoms with E-state index in [0.29, 0.717) is 13.2 Å². The van der Waals surface area contributed by atoms with E-state index in [4.69, 9.17) is 4.74 Å². The predicted molar refractivity (Wildman–Crippen MR) is 119 cm³/mol. The molecular weight excluding hydrogens is 455 g/mol. The van der Waals surface area contributed by atoms with Crippen molar-refractivity contribution < 1.29 is 4.74 Å². The van der Waals surface area contributed by atoms with Gasteiger partial charge in [0.1, 0.15) is 12.1 Å². The Kier molecular flexibility index (Phi) is 8.31. The van der Waals surface area contributed by atoms with Gasteiger partial charge in [-0.15, -0.1) is 34.2 Å². The molecule has 0 saturated carbocycles. The summed E-state index contributed by atoms with van der Waals surface area (Å²) < 4.78 is 7.71. The number of guanidine groups is 1. The largest absolute Gasteiger partial charge is 0.494 e. The Morgan fingerprint density at radius 2 is 1.96 bits per heavy atom. The van der Waals surface area contributed by atoms with E-state index in [1.54, 1.807) is 13.4 Å². The highest BCUT2D eigenvalue weighted by Gasteiger charge is 2.03. The molecule has 27 heavy (non-hydrogen) atoms. The van der Waals surface area contributed by atoms with Crippen molar-refractivity contribution in [3.05, 3.63) is 54.6 Å². The van der Waals surface area contributed by atoms with Crippen LogP contribution >= 0.6 is 24.0 Å². The van der Waals surface area contributed by atoms with Gasteiger partial charge in [-0.2, -0.15) is 0 Å². The molecule has 0 unspecified atom stereocenters. The maximum Gasteiger partial charge on any atom is 0.191 e. The van der Waals surface area contributed by atoms with Crippen molar-refractivity contribution in [1.82, 2.24) is 25.4 Å². The minimum Gasteiger partial charge on any atom is -0.494 e. The number of ether oxygens (including phenoxy) is 1. The fourth-order valence-electron chi connectivity index (χ4n) is 2.58. The molecule has 0 spiro atoms. The predicted octanol–water partition coefficient (Wildman–Crippen LogP) is 2.72. The van der Waals surface area contributed by atoms with Gasteiger partial charge in [-0.25, -0.2) is 0 Å². The van der Waals surface area contributed by atoms with Crippen LogP contribution in [0.4, 0.5) is 0 Å². The van der Waals surface area contributed by atoms with Crippen molar-refractivity contribution in [2.75, 3.05) is 20.2 Å². The molecule has 3 rings (SSSR count). The second-order valence-electron chi connectivity index (χ2n) is 5.92. The minimum atomic E-state index is 0. The first-order chi connectivity index (χ1) is 12.8. The zero-order valence-corrected chi connectivity index (χ0v) is 17.9. The Hall–Kier alpha value is -2.36. The average Bonchev–Trinajstić information content (AvgIpc) is 3.08. The van der Waals surface area contributed by atoms with E-state index in [1.807, 2.05) is 29.8 Å². The van der Waals surface area contributed by atoms with E-state index < -0.39 is 0 Å². The maximum absolute atomic E-state index is 5.84. The van der Waals surface area contributed by atoms with Gasteiger partial charge in [0.05, 0.1) is 13.2 Å². The number of benzene rings is 2. The number of aryl methyl sites for hydroxylation is 1. The Labute approximate surface area is 176 Å². The van der Waals surface area contributed by atoms with Gasteiger partial charge in [0, 0.05) is 20.6 Å². The molecule has 7 nitrogen and oxygen atoms in total. The van der Waals surface area contributed by atoms with E-state index in [-0.39, 0.29) is 24.0 Å². The molecule has 0 radical (unpaired) electrons. The summed E-state index contributed by atoms with van der Waals surface area (Å²) in [5.41, 5.74) is 0. The van der Waals surface area contributed by atoms with E-state index in [0.717, 1.165) is 30.5 Å². The summed E-state index contributed by atoms with van der Waals surface area (Å²) in [6.07, 6.45) is 2.55. The van der Waals surface area contributed by atoms with Crippen LogP contribution in [0.5, 0.6) is 5.75 Å². The van der Waals surface area contributed by atoms with Crippen LogP contribution < -0.4 is 15.4 Å².